The van der Waals surface area contributed by atoms with Gasteiger partial charge < -0.3 is 30.6 Å². The van der Waals surface area contributed by atoms with Gasteiger partial charge in [0.2, 0.25) is 11.8 Å². The molecule has 40 heavy (non-hydrogen) atoms. The summed E-state index contributed by atoms with van der Waals surface area (Å²) in [6.07, 6.45) is 5.14. The minimum absolute atomic E-state index is 0.0127. The smallest absolute Gasteiger partial charge is 0.250 e. The van der Waals surface area contributed by atoms with Gasteiger partial charge in [0.1, 0.15) is 12.1 Å². The van der Waals surface area contributed by atoms with E-state index in [-0.39, 0.29) is 24.9 Å². The molecular weight excluding hydrogens is 508 g/mol. The molecule has 0 saturated carbocycles. The molecule has 0 radical (unpaired) electrons. The van der Waals surface area contributed by atoms with Gasteiger partial charge in [-0.25, -0.2) is 4.98 Å². The van der Waals surface area contributed by atoms with E-state index in [1.54, 1.807) is 24.6 Å². The number of carbonyl (C=O) groups excluding carboxylic acids is 3. The fraction of sp³-hybridized carbons (Fsp3) is 0.400. The van der Waals surface area contributed by atoms with Crippen molar-refractivity contribution in [1.82, 2.24) is 19.8 Å². The van der Waals surface area contributed by atoms with Crippen molar-refractivity contribution < 1.29 is 19.1 Å². The van der Waals surface area contributed by atoms with Crippen LogP contribution < -0.4 is 16.4 Å². The molecule has 1 aliphatic heterocycles. The van der Waals surface area contributed by atoms with Crippen molar-refractivity contribution >= 4 is 23.5 Å². The topological polar surface area (TPSA) is 132 Å². The van der Waals surface area contributed by atoms with E-state index in [9.17, 15) is 14.4 Å². The van der Waals surface area contributed by atoms with Crippen molar-refractivity contribution in [1.29, 1.82) is 0 Å². The molecule has 3 aromatic rings. The van der Waals surface area contributed by atoms with E-state index < -0.39 is 29.4 Å². The van der Waals surface area contributed by atoms with Crippen molar-refractivity contribution in [2.75, 3.05) is 25.0 Å². The summed E-state index contributed by atoms with van der Waals surface area (Å²) in [5, 5.41) is 5.44. The Morgan fingerprint density at radius 3 is 2.38 bits per heavy atom. The van der Waals surface area contributed by atoms with Crippen LogP contribution in [0.3, 0.4) is 0 Å². The van der Waals surface area contributed by atoms with Crippen LogP contribution in [0.4, 0.5) is 5.82 Å². The number of amides is 3. The monoisotopic (exact) mass is 546 g/mol. The lowest BCUT2D eigenvalue weighted by Gasteiger charge is -2.24. The zero-order valence-electron chi connectivity index (χ0n) is 23.3. The number of anilines is 1. The number of ether oxygens (including phenoxy) is 1. The minimum atomic E-state index is -1.18. The molecule has 1 aromatic heterocycles. The number of nitrogens with one attached hydrogen (secondary N) is 2. The average molecular weight is 547 g/mol. The first-order valence-corrected chi connectivity index (χ1v) is 13.5. The Labute approximate surface area is 234 Å². The maximum absolute atomic E-state index is 13.5. The number of hydrogen-bond acceptors (Lipinski definition) is 6. The first-order chi connectivity index (χ1) is 19.1. The van der Waals surface area contributed by atoms with Gasteiger partial charge in [-0.05, 0) is 44.7 Å². The Balaban J connectivity index is 1.50. The third-order valence-electron chi connectivity index (χ3n) is 6.80. The van der Waals surface area contributed by atoms with Gasteiger partial charge in [-0.2, -0.15) is 0 Å². The maximum atomic E-state index is 13.5. The largest absolute Gasteiger partial charge is 0.374 e. The van der Waals surface area contributed by atoms with Crippen LogP contribution in [0.5, 0.6) is 0 Å². The van der Waals surface area contributed by atoms with Crippen molar-refractivity contribution in [3.63, 3.8) is 0 Å². The van der Waals surface area contributed by atoms with Crippen LogP contribution in [0.2, 0.25) is 0 Å². The zero-order chi connectivity index (χ0) is 28.7. The van der Waals surface area contributed by atoms with Gasteiger partial charge >= 0.3 is 0 Å². The van der Waals surface area contributed by atoms with Crippen LogP contribution in [0.15, 0.2) is 67.1 Å². The van der Waals surface area contributed by atoms with Crippen molar-refractivity contribution in [3.05, 3.63) is 83.8 Å². The highest BCUT2D eigenvalue weighted by Crippen LogP contribution is 2.25. The summed E-state index contributed by atoms with van der Waals surface area (Å²) in [6.45, 7) is 6.78. The van der Waals surface area contributed by atoms with Crippen LogP contribution in [-0.4, -0.2) is 63.4 Å². The molecule has 1 aliphatic rings. The quantitative estimate of drug-likeness (QED) is 0.339. The van der Waals surface area contributed by atoms with Crippen molar-refractivity contribution in [2.45, 2.75) is 57.8 Å². The number of aromatic nitrogens is 2. The summed E-state index contributed by atoms with van der Waals surface area (Å²) in [4.78, 5) is 45.6. The lowest BCUT2D eigenvalue weighted by molar-refractivity contribution is -0.132. The van der Waals surface area contributed by atoms with E-state index in [4.69, 9.17) is 10.5 Å². The number of rotatable bonds is 11. The molecule has 212 valence electrons. The van der Waals surface area contributed by atoms with Crippen LogP contribution in [0.25, 0.3) is 0 Å². The summed E-state index contributed by atoms with van der Waals surface area (Å²) in [7, 11) is 0. The van der Waals surface area contributed by atoms with Gasteiger partial charge in [0.05, 0.1) is 25.1 Å². The lowest BCUT2D eigenvalue weighted by atomic mass is 10.0. The second-order valence-electron chi connectivity index (χ2n) is 10.8. The molecule has 2 unspecified atom stereocenters. The van der Waals surface area contributed by atoms with E-state index in [0.29, 0.717) is 0 Å². The summed E-state index contributed by atoms with van der Waals surface area (Å²) < 4.78 is 7.47. The fourth-order valence-electron chi connectivity index (χ4n) is 4.45. The number of nitrogens with zero attached hydrogens (tertiary/aromatic N) is 3. The van der Waals surface area contributed by atoms with E-state index in [0.717, 1.165) is 42.6 Å². The van der Waals surface area contributed by atoms with Crippen LogP contribution in [0.1, 0.15) is 49.4 Å². The number of imidazole rings is 1. The van der Waals surface area contributed by atoms with Crippen LogP contribution in [0, 0.1) is 6.92 Å². The molecule has 3 amide bonds. The van der Waals surface area contributed by atoms with Gasteiger partial charge in [-0.3, -0.25) is 14.4 Å². The Morgan fingerprint density at radius 2 is 1.73 bits per heavy atom. The van der Waals surface area contributed by atoms with Crippen molar-refractivity contribution in [3.8, 4) is 0 Å². The van der Waals surface area contributed by atoms with Crippen LogP contribution in [-0.2, 0) is 25.7 Å². The first kappa shape index (κ1) is 29.0. The number of benzene rings is 2. The highest BCUT2D eigenvalue weighted by Gasteiger charge is 2.31. The van der Waals surface area contributed by atoms with E-state index >= 15 is 0 Å². The number of aryl methyl sites for hydroxylation is 1. The minimum Gasteiger partial charge on any atom is -0.374 e. The fourth-order valence-corrected chi connectivity index (χ4v) is 4.45. The number of nitrogens with two attached hydrogens (primary N) is 1. The average Bonchev–Trinajstić information content (AvgIpc) is 3.62. The molecule has 10 nitrogen and oxygen atoms in total. The molecule has 2 aromatic carbocycles. The molecule has 1 saturated heterocycles. The predicted octanol–water partition coefficient (Wildman–Crippen LogP) is 2.78. The molecule has 4 N–H and O–H groups in total. The standard InChI is InChI=1S/C30H38N6O4/c1-21-11-13-23(14-12-21)26(28(38)35-15-7-8-16-35)36-17-25(32-20-36)34-27(37)24(33-29(39)30(2,3)31)19-40-18-22-9-5-4-6-10-22/h4-6,9-14,17,20,24,26H,7-8,15-16,18-19,31H2,1-3H3,(H,33,39)(H,34,37). The Hall–Kier alpha value is -4.02. The molecule has 10 heteroatoms. The normalized spacial score (nSPS) is 14.9. The molecular formula is C30H38N6O4. The zero-order valence-corrected chi connectivity index (χ0v) is 23.3. The second kappa shape index (κ2) is 12.9. The third kappa shape index (κ3) is 7.55. The molecule has 2 atom stereocenters. The molecule has 2 heterocycles. The van der Waals surface area contributed by atoms with Gasteiger partial charge in [0.25, 0.3) is 5.91 Å². The third-order valence-corrected chi connectivity index (χ3v) is 6.80. The van der Waals surface area contributed by atoms with E-state index in [1.165, 1.54) is 6.33 Å². The molecule has 0 spiro atoms. The second-order valence-corrected chi connectivity index (χ2v) is 10.8. The Bertz CT molecular complexity index is 1290. The predicted molar refractivity (Wildman–Crippen MR) is 152 cm³/mol. The number of hydrogen-bond donors (Lipinski definition) is 3. The first-order valence-electron chi connectivity index (χ1n) is 13.5. The highest BCUT2D eigenvalue weighted by atomic mass is 16.5. The SMILES string of the molecule is Cc1ccc(C(C(=O)N2CCCC2)n2cnc(NC(=O)C(COCc3ccccc3)NC(=O)C(C)(C)N)c2)cc1. The molecule has 0 aliphatic carbocycles. The molecule has 1 fully saturated rings. The number of carbonyl (C=O) groups is 3. The van der Waals surface area contributed by atoms with Gasteiger partial charge in [0, 0.05) is 19.3 Å². The number of likely N-dealkylation sites (tertiary alicyclic amines) is 1. The molecule has 0 bridgehead atoms. The highest BCUT2D eigenvalue weighted by molar-refractivity contribution is 5.98. The van der Waals surface area contributed by atoms with Gasteiger partial charge in [0.15, 0.2) is 5.82 Å². The Morgan fingerprint density at radius 1 is 1.05 bits per heavy atom. The molecule has 4 rings (SSSR count). The van der Waals surface area contributed by atoms with E-state index in [2.05, 4.69) is 15.6 Å². The van der Waals surface area contributed by atoms with E-state index in [1.807, 2.05) is 66.4 Å². The summed E-state index contributed by atoms with van der Waals surface area (Å²) in [6, 6.07) is 15.7. The van der Waals surface area contributed by atoms with Gasteiger partial charge in [-0.15, -0.1) is 0 Å². The maximum Gasteiger partial charge on any atom is 0.250 e. The Kier molecular flexibility index (Phi) is 9.34. The summed E-state index contributed by atoms with van der Waals surface area (Å²) in [5.41, 5.74) is 7.63. The van der Waals surface area contributed by atoms with Crippen LogP contribution >= 0.6 is 0 Å². The van der Waals surface area contributed by atoms with Gasteiger partial charge in [-0.1, -0.05) is 60.2 Å². The van der Waals surface area contributed by atoms with Crippen molar-refractivity contribution in [2.24, 2.45) is 5.73 Å². The lowest BCUT2D eigenvalue weighted by Crippen LogP contribution is -2.56. The summed E-state index contributed by atoms with van der Waals surface area (Å²) >= 11 is 0. The summed E-state index contributed by atoms with van der Waals surface area (Å²) in [5.74, 6) is -0.752.